The number of likely N-dealkylation sites (N-methyl/N-ethyl adjacent to an activating group) is 1. The summed E-state index contributed by atoms with van der Waals surface area (Å²) in [4.78, 5) is 20.4. The predicted octanol–water partition coefficient (Wildman–Crippen LogP) is 0.423. The van der Waals surface area contributed by atoms with E-state index in [2.05, 4.69) is 10.6 Å². The molecule has 2 unspecified atom stereocenters. The Morgan fingerprint density at radius 2 is 1.67 bits per heavy atom. The smallest absolute Gasteiger partial charge is 0.323 e. The molecule has 0 aliphatic heterocycles. The predicted molar refractivity (Wildman–Crippen MR) is 79.3 cm³/mol. The lowest BCUT2D eigenvalue weighted by Crippen LogP contribution is -2.42. The van der Waals surface area contributed by atoms with Crippen molar-refractivity contribution in [2.24, 2.45) is 0 Å². The van der Waals surface area contributed by atoms with Crippen molar-refractivity contribution in [3.63, 3.8) is 0 Å². The van der Waals surface area contributed by atoms with E-state index in [1.54, 1.807) is 0 Å². The first kappa shape index (κ1) is 19.8. The quantitative estimate of drug-likeness (QED) is 0.451. The van der Waals surface area contributed by atoms with Gasteiger partial charge in [-0.2, -0.15) is 0 Å². The number of hydrogen-bond acceptors (Lipinski definition) is 5. The molecule has 2 atom stereocenters. The van der Waals surface area contributed by atoms with Crippen molar-refractivity contribution in [2.75, 3.05) is 13.6 Å². The standard InChI is InChI=1S/C9H17NO2.C5H11NO3/c11-9(12)7-10-8-5-3-1-2-4-6-8;1-3(7)4(6-2)5(8)9/h8,10H,1-7H2,(H,11,12);3-4,6-7H,1-2H3,(H,8,9). The number of carbonyl (C=O) groups is 2. The molecule has 1 aliphatic carbocycles. The third-order valence-corrected chi connectivity index (χ3v) is 3.46. The molecule has 0 saturated heterocycles. The van der Waals surface area contributed by atoms with Crippen LogP contribution in [0.1, 0.15) is 45.4 Å². The molecule has 7 nitrogen and oxygen atoms in total. The summed E-state index contributed by atoms with van der Waals surface area (Å²) >= 11 is 0. The van der Waals surface area contributed by atoms with E-state index in [4.69, 9.17) is 15.3 Å². The number of aliphatic hydroxyl groups excluding tert-OH is 1. The number of aliphatic carboxylic acids is 2. The van der Waals surface area contributed by atoms with Crippen molar-refractivity contribution in [1.29, 1.82) is 0 Å². The molecule has 1 aliphatic rings. The lowest BCUT2D eigenvalue weighted by molar-refractivity contribution is -0.142. The molecule has 0 heterocycles. The minimum atomic E-state index is -1.03. The van der Waals surface area contributed by atoms with Crippen molar-refractivity contribution in [1.82, 2.24) is 10.6 Å². The van der Waals surface area contributed by atoms with E-state index in [1.807, 2.05) is 0 Å². The summed E-state index contributed by atoms with van der Waals surface area (Å²) in [6.45, 7) is 1.54. The maximum Gasteiger partial charge on any atom is 0.323 e. The Labute approximate surface area is 125 Å². The van der Waals surface area contributed by atoms with Gasteiger partial charge in [-0.1, -0.05) is 25.7 Å². The van der Waals surface area contributed by atoms with Crippen LogP contribution in [0, 0.1) is 0 Å². The Balaban J connectivity index is 0.000000400. The topological polar surface area (TPSA) is 119 Å². The molecule has 0 bridgehead atoms. The van der Waals surface area contributed by atoms with Crippen LogP contribution in [-0.4, -0.2) is 59.0 Å². The normalized spacial score (nSPS) is 18.8. The largest absolute Gasteiger partial charge is 0.480 e. The zero-order chi connectivity index (χ0) is 16.3. The Bertz CT molecular complexity index is 302. The third-order valence-electron chi connectivity index (χ3n) is 3.46. The lowest BCUT2D eigenvalue weighted by atomic mass is 10.1. The molecule has 0 aromatic carbocycles. The fourth-order valence-electron chi connectivity index (χ4n) is 2.29. The van der Waals surface area contributed by atoms with Crippen molar-refractivity contribution in [3.8, 4) is 0 Å². The summed E-state index contributed by atoms with van der Waals surface area (Å²) in [7, 11) is 1.49. The highest BCUT2D eigenvalue weighted by atomic mass is 16.4. The maximum atomic E-state index is 10.3. The van der Waals surface area contributed by atoms with Gasteiger partial charge in [-0.25, -0.2) is 0 Å². The van der Waals surface area contributed by atoms with E-state index in [0.29, 0.717) is 6.04 Å². The van der Waals surface area contributed by atoms with Gasteiger partial charge in [-0.3, -0.25) is 9.59 Å². The van der Waals surface area contributed by atoms with Crippen molar-refractivity contribution in [2.45, 2.75) is 63.6 Å². The maximum absolute atomic E-state index is 10.3. The van der Waals surface area contributed by atoms with Crippen LogP contribution >= 0.6 is 0 Å². The summed E-state index contributed by atoms with van der Waals surface area (Å²) in [5.41, 5.74) is 0. The van der Waals surface area contributed by atoms with E-state index < -0.39 is 24.1 Å². The minimum Gasteiger partial charge on any atom is -0.480 e. The molecule has 1 saturated carbocycles. The van der Waals surface area contributed by atoms with Gasteiger partial charge in [0, 0.05) is 6.04 Å². The highest BCUT2D eigenvalue weighted by Gasteiger charge is 2.19. The number of rotatable bonds is 6. The number of nitrogens with one attached hydrogen (secondary N) is 2. The van der Waals surface area contributed by atoms with Gasteiger partial charge in [0.15, 0.2) is 0 Å². The summed E-state index contributed by atoms with van der Waals surface area (Å²) in [5.74, 6) is -1.79. The van der Waals surface area contributed by atoms with Crippen LogP contribution in [0.4, 0.5) is 0 Å². The fourth-order valence-corrected chi connectivity index (χ4v) is 2.29. The molecule has 5 N–H and O–H groups in total. The molecule has 0 spiro atoms. The minimum absolute atomic E-state index is 0.116. The molecule has 1 fully saturated rings. The number of hydrogen-bond donors (Lipinski definition) is 5. The van der Waals surface area contributed by atoms with Crippen molar-refractivity contribution >= 4 is 11.9 Å². The van der Waals surface area contributed by atoms with Crippen LogP contribution in [0.3, 0.4) is 0 Å². The van der Waals surface area contributed by atoms with Crippen molar-refractivity contribution < 1.29 is 24.9 Å². The van der Waals surface area contributed by atoms with Gasteiger partial charge in [-0.05, 0) is 26.8 Å². The first-order valence-corrected chi connectivity index (χ1v) is 7.41. The molecule has 0 aromatic rings. The molecule has 0 aromatic heterocycles. The summed E-state index contributed by atoms with van der Waals surface area (Å²) in [6, 6.07) is -0.409. The number of carboxylic acid groups (broad SMARTS) is 2. The number of carboxylic acids is 2. The van der Waals surface area contributed by atoms with Crippen LogP contribution < -0.4 is 10.6 Å². The second kappa shape index (κ2) is 11.5. The van der Waals surface area contributed by atoms with Gasteiger partial charge in [0.1, 0.15) is 6.04 Å². The van der Waals surface area contributed by atoms with Gasteiger partial charge in [0.2, 0.25) is 0 Å². The van der Waals surface area contributed by atoms with Crippen molar-refractivity contribution in [3.05, 3.63) is 0 Å². The number of aliphatic hydroxyl groups is 1. The second-order valence-corrected chi connectivity index (χ2v) is 5.31. The monoisotopic (exact) mass is 304 g/mol. The van der Waals surface area contributed by atoms with Gasteiger partial charge >= 0.3 is 11.9 Å². The highest BCUT2D eigenvalue weighted by molar-refractivity contribution is 5.74. The highest BCUT2D eigenvalue weighted by Crippen LogP contribution is 2.16. The molecule has 0 amide bonds. The zero-order valence-corrected chi connectivity index (χ0v) is 12.8. The average molecular weight is 304 g/mol. The Hall–Kier alpha value is -1.18. The van der Waals surface area contributed by atoms with E-state index in [-0.39, 0.29) is 6.54 Å². The Morgan fingerprint density at radius 3 is 1.95 bits per heavy atom. The summed E-state index contributed by atoms with van der Waals surface area (Å²) in [6.07, 6.45) is 6.55. The fraction of sp³-hybridized carbons (Fsp3) is 0.857. The van der Waals surface area contributed by atoms with Crippen LogP contribution in [0.5, 0.6) is 0 Å². The first-order chi connectivity index (χ1) is 9.88. The molecule has 1 rings (SSSR count). The van der Waals surface area contributed by atoms with Gasteiger partial charge in [0.25, 0.3) is 0 Å². The van der Waals surface area contributed by atoms with E-state index in [0.717, 1.165) is 12.8 Å². The zero-order valence-electron chi connectivity index (χ0n) is 12.8. The second-order valence-electron chi connectivity index (χ2n) is 5.31. The molecule has 0 radical (unpaired) electrons. The summed E-state index contributed by atoms with van der Waals surface area (Å²) < 4.78 is 0. The third kappa shape index (κ3) is 10.2. The molecular formula is C14H28N2O5. The van der Waals surface area contributed by atoms with Gasteiger partial charge < -0.3 is 26.0 Å². The van der Waals surface area contributed by atoms with Crippen LogP contribution in [0.2, 0.25) is 0 Å². The van der Waals surface area contributed by atoms with Crippen LogP contribution in [0.15, 0.2) is 0 Å². The van der Waals surface area contributed by atoms with Gasteiger partial charge in [-0.15, -0.1) is 0 Å². The SMILES string of the molecule is CNC(C(=O)O)C(C)O.O=C(O)CNC1CCCCCC1. The molecule has 21 heavy (non-hydrogen) atoms. The summed E-state index contributed by atoms with van der Waals surface area (Å²) in [5, 5.41) is 31.0. The van der Waals surface area contributed by atoms with Crippen LogP contribution in [0.25, 0.3) is 0 Å². The molecular weight excluding hydrogens is 276 g/mol. The van der Waals surface area contributed by atoms with Crippen LogP contribution in [-0.2, 0) is 9.59 Å². The van der Waals surface area contributed by atoms with Gasteiger partial charge in [0.05, 0.1) is 12.6 Å². The van der Waals surface area contributed by atoms with E-state index >= 15 is 0 Å². The molecule has 7 heteroatoms. The van der Waals surface area contributed by atoms with E-state index in [1.165, 1.54) is 39.7 Å². The first-order valence-electron chi connectivity index (χ1n) is 7.41. The molecule has 124 valence electrons. The average Bonchev–Trinajstić information content (AvgIpc) is 2.65. The van der Waals surface area contributed by atoms with E-state index in [9.17, 15) is 9.59 Å². The lowest BCUT2D eigenvalue weighted by Gasteiger charge is -2.13. The Kier molecular flexibility index (Phi) is 10.8. The Morgan fingerprint density at radius 1 is 1.14 bits per heavy atom.